The Labute approximate surface area is 184 Å². The SMILES string of the molecule is O=c1[nH]cnc2[nH]c(-c3ccnc(CCc4cccc(F)c4CN4CCOCC4)c3)cc12. The van der Waals surface area contributed by atoms with Gasteiger partial charge in [-0.05, 0) is 42.7 Å². The van der Waals surface area contributed by atoms with Gasteiger partial charge < -0.3 is 14.7 Å². The molecular formula is C24H24FN5O2. The van der Waals surface area contributed by atoms with E-state index in [9.17, 15) is 9.18 Å². The van der Waals surface area contributed by atoms with Crippen LogP contribution in [0.2, 0.25) is 0 Å². The number of nitrogens with one attached hydrogen (secondary N) is 2. The zero-order chi connectivity index (χ0) is 21.9. The zero-order valence-corrected chi connectivity index (χ0v) is 17.6. The van der Waals surface area contributed by atoms with Gasteiger partial charge in [0.1, 0.15) is 11.5 Å². The summed E-state index contributed by atoms with van der Waals surface area (Å²) in [5.74, 6) is -0.161. The molecule has 0 atom stereocenters. The number of aromatic amines is 2. The number of halogens is 1. The first-order valence-electron chi connectivity index (χ1n) is 10.8. The van der Waals surface area contributed by atoms with E-state index in [4.69, 9.17) is 4.74 Å². The smallest absolute Gasteiger partial charge is 0.260 e. The summed E-state index contributed by atoms with van der Waals surface area (Å²) in [7, 11) is 0. The Morgan fingerprint density at radius 2 is 1.97 bits per heavy atom. The minimum absolute atomic E-state index is 0.161. The van der Waals surface area contributed by atoms with Crippen molar-refractivity contribution in [1.82, 2.24) is 24.8 Å². The second-order valence-electron chi connectivity index (χ2n) is 7.98. The predicted molar refractivity (Wildman–Crippen MR) is 120 cm³/mol. The van der Waals surface area contributed by atoms with E-state index in [1.807, 2.05) is 18.2 Å². The molecule has 32 heavy (non-hydrogen) atoms. The maximum absolute atomic E-state index is 14.6. The van der Waals surface area contributed by atoms with Crippen molar-refractivity contribution in [2.24, 2.45) is 0 Å². The molecular weight excluding hydrogens is 409 g/mol. The third kappa shape index (κ3) is 4.32. The van der Waals surface area contributed by atoms with Crippen LogP contribution in [-0.2, 0) is 24.1 Å². The molecule has 0 spiro atoms. The Morgan fingerprint density at radius 3 is 2.81 bits per heavy atom. The molecule has 2 N–H and O–H groups in total. The van der Waals surface area contributed by atoms with E-state index in [-0.39, 0.29) is 11.4 Å². The fraction of sp³-hybridized carbons (Fsp3) is 0.292. The highest BCUT2D eigenvalue weighted by atomic mass is 19.1. The van der Waals surface area contributed by atoms with Crippen molar-refractivity contribution in [3.05, 3.63) is 81.9 Å². The molecule has 1 aliphatic heterocycles. The Hall–Kier alpha value is -3.36. The molecule has 0 radical (unpaired) electrons. The summed E-state index contributed by atoms with van der Waals surface area (Å²) >= 11 is 0. The number of nitrogens with zero attached hydrogens (tertiary/aromatic N) is 3. The van der Waals surface area contributed by atoms with E-state index in [0.717, 1.165) is 41.2 Å². The van der Waals surface area contributed by atoms with Crippen LogP contribution in [0, 0.1) is 5.82 Å². The topological polar surface area (TPSA) is 86.9 Å². The number of benzene rings is 1. The van der Waals surface area contributed by atoms with Gasteiger partial charge in [0.05, 0.1) is 24.9 Å². The highest BCUT2D eigenvalue weighted by Crippen LogP contribution is 2.23. The van der Waals surface area contributed by atoms with Crippen LogP contribution < -0.4 is 5.56 Å². The zero-order valence-electron chi connectivity index (χ0n) is 17.6. The van der Waals surface area contributed by atoms with E-state index < -0.39 is 0 Å². The molecule has 7 nitrogen and oxygen atoms in total. The summed E-state index contributed by atoms with van der Waals surface area (Å²) in [5.41, 5.74) is 4.79. The van der Waals surface area contributed by atoms with Crippen molar-refractivity contribution in [3.8, 4) is 11.3 Å². The van der Waals surface area contributed by atoms with Gasteiger partial charge in [-0.2, -0.15) is 0 Å². The first-order valence-corrected chi connectivity index (χ1v) is 10.8. The molecule has 0 bridgehead atoms. The van der Waals surface area contributed by atoms with Gasteiger partial charge in [0.2, 0.25) is 0 Å². The van der Waals surface area contributed by atoms with Crippen LogP contribution in [0.3, 0.4) is 0 Å². The lowest BCUT2D eigenvalue weighted by molar-refractivity contribution is 0.0336. The van der Waals surface area contributed by atoms with Crippen molar-refractivity contribution in [1.29, 1.82) is 0 Å². The number of ether oxygens (including phenoxy) is 1. The van der Waals surface area contributed by atoms with Gasteiger partial charge in [-0.25, -0.2) is 9.37 Å². The summed E-state index contributed by atoms with van der Waals surface area (Å²) in [4.78, 5) is 28.7. The van der Waals surface area contributed by atoms with E-state index in [1.165, 1.54) is 12.4 Å². The lowest BCUT2D eigenvalue weighted by atomic mass is 10.00. The van der Waals surface area contributed by atoms with Crippen LogP contribution in [0.4, 0.5) is 4.39 Å². The van der Waals surface area contributed by atoms with E-state index in [1.54, 1.807) is 18.3 Å². The summed E-state index contributed by atoms with van der Waals surface area (Å²) in [5, 5.41) is 0.522. The maximum Gasteiger partial charge on any atom is 0.260 e. The fourth-order valence-electron chi connectivity index (χ4n) is 4.15. The first-order chi connectivity index (χ1) is 15.7. The monoisotopic (exact) mass is 433 g/mol. The van der Waals surface area contributed by atoms with E-state index >= 15 is 0 Å². The van der Waals surface area contributed by atoms with Crippen LogP contribution in [0.5, 0.6) is 0 Å². The molecule has 3 aromatic heterocycles. The molecule has 4 aromatic rings. The largest absolute Gasteiger partial charge is 0.379 e. The number of hydrogen-bond acceptors (Lipinski definition) is 5. The van der Waals surface area contributed by atoms with Crippen LogP contribution in [0.1, 0.15) is 16.8 Å². The van der Waals surface area contributed by atoms with Crippen LogP contribution >= 0.6 is 0 Å². The molecule has 1 saturated heterocycles. The molecule has 164 valence electrons. The summed E-state index contributed by atoms with van der Waals surface area (Å²) in [6.07, 6.45) is 4.53. The Balaban J connectivity index is 1.35. The van der Waals surface area contributed by atoms with Gasteiger partial charge in [0.15, 0.2) is 0 Å². The Bertz CT molecular complexity index is 1290. The lowest BCUT2D eigenvalue weighted by Gasteiger charge is -2.27. The van der Waals surface area contributed by atoms with Gasteiger partial charge in [0, 0.05) is 48.3 Å². The number of fused-ring (bicyclic) bond motifs is 1. The second kappa shape index (κ2) is 9.02. The number of aryl methyl sites for hydroxylation is 2. The number of hydrogen-bond donors (Lipinski definition) is 2. The average Bonchev–Trinajstić information content (AvgIpc) is 3.26. The molecule has 0 aliphatic carbocycles. The lowest BCUT2D eigenvalue weighted by Crippen LogP contribution is -2.36. The van der Waals surface area contributed by atoms with Gasteiger partial charge in [0.25, 0.3) is 5.56 Å². The van der Waals surface area contributed by atoms with E-state index in [0.29, 0.717) is 43.6 Å². The third-order valence-corrected chi connectivity index (χ3v) is 5.91. The summed E-state index contributed by atoms with van der Waals surface area (Å²) in [6.45, 7) is 3.61. The fourth-order valence-corrected chi connectivity index (χ4v) is 4.15. The first kappa shape index (κ1) is 20.5. The standard InChI is InChI=1S/C24H24FN5O2/c25-21-3-1-2-16(20(21)14-30-8-10-32-11-9-30)4-5-18-12-17(6-7-26-18)22-13-19-23(29-22)27-15-28-24(19)31/h1-3,6-7,12-13,15H,4-5,8-11,14H2,(H2,27,28,29,31). The molecule has 4 heterocycles. The number of rotatable bonds is 6. The van der Waals surface area contributed by atoms with E-state index in [2.05, 4.69) is 24.8 Å². The number of H-pyrrole nitrogens is 2. The van der Waals surface area contributed by atoms with Gasteiger partial charge in [-0.15, -0.1) is 0 Å². The number of morpholine rings is 1. The molecule has 0 saturated carbocycles. The summed E-state index contributed by atoms with van der Waals surface area (Å²) < 4.78 is 20.0. The summed E-state index contributed by atoms with van der Waals surface area (Å²) in [6, 6.07) is 11.0. The predicted octanol–water partition coefficient (Wildman–Crippen LogP) is 3.07. The molecule has 1 aliphatic rings. The van der Waals surface area contributed by atoms with Crippen LogP contribution in [-0.4, -0.2) is 51.1 Å². The normalized spacial score (nSPS) is 14.8. The quantitative estimate of drug-likeness (QED) is 0.488. The minimum Gasteiger partial charge on any atom is -0.379 e. The van der Waals surface area contributed by atoms with Crippen molar-refractivity contribution < 1.29 is 9.13 Å². The molecule has 8 heteroatoms. The van der Waals surface area contributed by atoms with Crippen molar-refractivity contribution in [3.63, 3.8) is 0 Å². The maximum atomic E-state index is 14.6. The van der Waals surface area contributed by atoms with Crippen LogP contribution in [0.15, 0.2) is 53.7 Å². The molecule has 1 aromatic carbocycles. The van der Waals surface area contributed by atoms with Gasteiger partial charge >= 0.3 is 0 Å². The van der Waals surface area contributed by atoms with Crippen LogP contribution in [0.25, 0.3) is 22.3 Å². The van der Waals surface area contributed by atoms with Crippen molar-refractivity contribution in [2.45, 2.75) is 19.4 Å². The average molecular weight is 433 g/mol. The molecule has 1 fully saturated rings. The minimum atomic E-state index is -0.175. The number of pyridine rings is 1. The van der Waals surface area contributed by atoms with Crippen molar-refractivity contribution >= 4 is 11.0 Å². The Kier molecular flexibility index (Phi) is 5.79. The van der Waals surface area contributed by atoms with Crippen molar-refractivity contribution in [2.75, 3.05) is 26.3 Å². The second-order valence-corrected chi connectivity index (χ2v) is 7.98. The third-order valence-electron chi connectivity index (χ3n) is 5.91. The highest BCUT2D eigenvalue weighted by molar-refractivity contribution is 5.82. The Morgan fingerprint density at radius 1 is 1.09 bits per heavy atom. The highest BCUT2D eigenvalue weighted by Gasteiger charge is 2.16. The molecule has 5 rings (SSSR count). The van der Waals surface area contributed by atoms with Gasteiger partial charge in [-0.1, -0.05) is 12.1 Å². The van der Waals surface area contributed by atoms with Gasteiger partial charge in [-0.3, -0.25) is 14.7 Å². The number of aromatic nitrogens is 4. The molecule has 0 amide bonds. The molecule has 0 unspecified atom stereocenters.